The largest absolute Gasteiger partial charge is 0.495 e. The van der Waals surface area contributed by atoms with Gasteiger partial charge in [0, 0.05) is 13.1 Å². The number of H-pyrrole nitrogens is 1. The van der Waals surface area contributed by atoms with Gasteiger partial charge in [0.1, 0.15) is 11.6 Å². The Morgan fingerprint density at radius 2 is 2.00 bits per heavy atom. The van der Waals surface area contributed by atoms with E-state index in [0.29, 0.717) is 36.6 Å². The van der Waals surface area contributed by atoms with Gasteiger partial charge in [0.05, 0.1) is 19.3 Å². The fourth-order valence-corrected chi connectivity index (χ4v) is 3.35. The SMILES string of the molecule is CCCCn1c(=O)[nH]c(=O)c2c1nc(CNc1cc(C)ccc1OC)n2CC. The summed E-state index contributed by atoms with van der Waals surface area (Å²) in [6.07, 6.45) is 1.79. The molecule has 2 heterocycles. The second-order valence-electron chi connectivity index (χ2n) is 6.77. The maximum absolute atomic E-state index is 12.5. The highest BCUT2D eigenvalue weighted by atomic mass is 16.5. The number of nitrogens with zero attached hydrogens (tertiary/aromatic N) is 3. The molecule has 150 valence electrons. The molecule has 0 spiro atoms. The fraction of sp³-hybridized carbons (Fsp3) is 0.450. The summed E-state index contributed by atoms with van der Waals surface area (Å²) in [7, 11) is 1.63. The number of hydrogen-bond donors (Lipinski definition) is 2. The number of fused-ring (bicyclic) bond motifs is 1. The smallest absolute Gasteiger partial charge is 0.330 e. The number of aryl methyl sites for hydroxylation is 3. The van der Waals surface area contributed by atoms with Crippen molar-refractivity contribution in [3.05, 3.63) is 50.4 Å². The second-order valence-corrected chi connectivity index (χ2v) is 6.77. The molecule has 0 unspecified atom stereocenters. The van der Waals surface area contributed by atoms with Crippen LogP contribution in [0.15, 0.2) is 27.8 Å². The van der Waals surface area contributed by atoms with Gasteiger partial charge in [0.2, 0.25) is 0 Å². The van der Waals surface area contributed by atoms with Crippen LogP contribution >= 0.6 is 0 Å². The van der Waals surface area contributed by atoms with Crippen LogP contribution in [0.25, 0.3) is 11.2 Å². The molecule has 0 amide bonds. The lowest BCUT2D eigenvalue weighted by Crippen LogP contribution is -2.31. The molecule has 0 aliphatic rings. The van der Waals surface area contributed by atoms with E-state index in [9.17, 15) is 9.59 Å². The fourth-order valence-electron chi connectivity index (χ4n) is 3.35. The minimum absolute atomic E-state index is 0.401. The number of aromatic amines is 1. The summed E-state index contributed by atoms with van der Waals surface area (Å²) >= 11 is 0. The third kappa shape index (κ3) is 3.67. The van der Waals surface area contributed by atoms with Gasteiger partial charge < -0.3 is 14.6 Å². The number of unbranched alkanes of at least 4 members (excludes halogenated alkanes) is 1. The highest BCUT2D eigenvalue weighted by Gasteiger charge is 2.17. The molecule has 0 fully saturated rings. The summed E-state index contributed by atoms with van der Waals surface area (Å²) < 4.78 is 8.82. The summed E-state index contributed by atoms with van der Waals surface area (Å²) in [5, 5.41) is 3.35. The van der Waals surface area contributed by atoms with Crippen LogP contribution in [0.4, 0.5) is 5.69 Å². The molecule has 28 heavy (non-hydrogen) atoms. The van der Waals surface area contributed by atoms with Gasteiger partial charge in [-0.25, -0.2) is 9.78 Å². The van der Waals surface area contributed by atoms with Crippen molar-refractivity contribution in [2.45, 2.75) is 53.2 Å². The highest BCUT2D eigenvalue weighted by Crippen LogP contribution is 2.26. The number of benzene rings is 1. The molecule has 0 atom stereocenters. The molecule has 3 rings (SSSR count). The lowest BCUT2D eigenvalue weighted by molar-refractivity contribution is 0.416. The van der Waals surface area contributed by atoms with Crippen molar-refractivity contribution in [3.63, 3.8) is 0 Å². The van der Waals surface area contributed by atoms with Crippen LogP contribution in [0.1, 0.15) is 38.1 Å². The minimum atomic E-state index is -0.411. The van der Waals surface area contributed by atoms with E-state index in [-0.39, 0.29) is 0 Å². The summed E-state index contributed by atoms with van der Waals surface area (Å²) in [4.78, 5) is 31.8. The Kier molecular flexibility index (Phi) is 5.87. The van der Waals surface area contributed by atoms with Gasteiger partial charge >= 0.3 is 5.69 Å². The van der Waals surface area contributed by atoms with Crippen molar-refractivity contribution in [3.8, 4) is 5.75 Å². The Bertz CT molecular complexity index is 1090. The van der Waals surface area contributed by atoms with Crippen LogP contribution in [-0.4, -0.2) is 26.2 Å². The third-order valence-corrected chi connectivity index (χ3v) is 4.81. The second kappa shape index (κ2) is 8.33. The Labute approximate surface area is 163 Å². The van der Waals surface area contributed by atoms with E-state index < -0.39 is 11.2 Å². The van der Waals surface area contributed by atoms with Gasteiger partial charge in [-0.3, -0.25) is 14.3 Å². The zero-order chi connectivity index (χ0) is 20.3. The molecule has 8 heteroatoms. The third-order valence-electron chi connectivity index (χ3n) is 4.81. The molecule has 0 aliphatic heterocycles. The van der Waals surface area contributed by atoms with E-state index in [4.69, 9.17) is 4.74 Å². The topological polar surface area (TPSA) is 93.9 Å². The molecule has 3 aromatic rings. The quantitative estimate of drug-likeness (QED) is 0.622. The first-order valence-corrected chi connectivity index (χ1v) is 9.60. The molecule has 2 N–H and O–H groups in total. The number of nitrogens with one attached hydrogen (secondary N) is 2. The van der Waals surface area contributed by atoms with Crippen molar-refractivity contribution < 1.29 is 4.74 Å². The van der Waals surface area contributed by atoms with Crippen LogP contribution in [0.5, 0.6) is 5.75 Å². The van der Waals surface area contributed by atoms with Gasteiger partial charge in [0.15, 0.2) is 11.2 Å². The number of ether oxygens (including phenoxy) is 1. The predicted octanol–water partition coefficient (Wildman–Crippen LogP) is 2.64. The monoisotopic (exact) mass is 385 g/mol. The first-order valence-electron chi connectivity index (χ1n) is 9.60. The van der Waals surface area contributed by atoms with Gasteiger partial charge in [-0.05, 0) is 38.0 Å². The Hall–Kier alpha value is -3.03. The van der Waals surface area contributed by atoms with Crippen LogP contribution in [0.3, 0.4) is 0 Å². The van der Waals surface area contributed by atoms with Crippen molar-refractivity contribution in [1.29, 1.82) is 0 Å². The van der Waals surface area contributed by atoms with Crippen molar-refractivity contribution in [2.75, 3.05) is 12.4 Å². The van der Waals surface area contributed by atoms with Crippen molar-refractivity contribution in [2.24, 2.45) is 0 Å². The van der Waals surface area contributed by atoms with Gasteiger partial charge in [-0.2, -0.15) is 0 Å². The van der Waals surface area contributed by atoms with E-state index in [1.165, 1.54) is 0 Å². The standard InChI is InChI=1S/C20H27N5O3/c1-5-7-10-25-18-17(19(26)23-20(25)27)24(6-2)16(22-18)12-21-14-11-13(3)8-9-15(14)28-4/h8-9,11,21H,5-7,10,12H2,1-4H3,(H,23,26,27). The summed E-state index contributed by atoms with van der Waals surface area (Å²) in [6.45, 7) is 7.54. The van der Waals surface area contributed by atoms with E-state index in [1.54, 1.807) is 11.7 Å². The Morgan fingerprint density at radius 3 is 2.68 bits per heavy atom. The van der Waals surface area contributed by atoms with E-state index in [2.05, 4.69) is 22.2 Å². The Balaban J connectivity index is 2.04. The first-order chi connectivity index (χ1) is 13.5. The Morgan fingerprint density at radius 1 is 1.21 bits per heavy atom. The van der Waals surface area contributed by atoms with E-state index in [1.807, 2.05) is 36.6 Å². The van der Waals surface area contributed by atoms with Crippen LogP contribution < -0.4 is 21.3 Å². The van der Waals surface area contributed by atoms with Crippen molar-refractivity contribution >= 4 is 16.9 Å². The van der Waals surface area contributed by atoms with Crippen molar-refractivity contribution in [1.82, 2.24) is 19.1 Å². The lowest BCUT2D eigenvalue weighted by atomic mass is 10.2. The zero-order valence-corrected chi connectivity index (χ0v) is 16.8. The molecule has 0 saturated heterocycles. The van der Waals surface area contributed by atoms with Crippen LogP contribution in [0.2, 0.25) is 0 Å². The molecule has 8 nitrogen and oxygen atoms in total. The summed E-state index contributed by atoms with van der Waals surface area (Å²) in [6, 6.07) is 5.90. The summed E-state index contributed by atoms with van der Waals surface area (Å²) in [5.41, 5.74) is 2.03. The average molecular weight is 385 g/mol. The van der Waals surface area contributed by atoms with Gasteiger partial charge in [-0.1, -0.05) is 19.4 Å². The molecular formula is C20H27N5O3. The van der Waals surface area contributed by atoms with E-state index >= 15 is 0 Å². The average Bonchev–Trinajstić information content (AvgIpc) is 3.05. The van der Waals surface area contributed by atoms with Crippen LogP contribution in [0, 0.1) is 6.92 Å². The number of aromatic nitrogens is 4. The van der Waals surface area contributed by atoms with E-state index in [0.717, 1.165) is 29.8 Å². The predicted molar refractivity (Wildman–Crippen MR) is 110 cm³/mol. The molecule has 0 radical (unpaired) electrons. The van der Waals surface area contributed by atoms with Crippen LogP contribution in [-0.2, 0) is 19.6 Å². The van der Waals surface area contributed by atoms with Gasteiger partial charge in [-0.15, -0.1) is 0 Å². The minimum Gasteiger partial charge on any atom is -0.495 e. The number of rotatable bonds is 8. The molecule has 1 aromatic carbocycles. The number of anilines is 1. The zero-order valence-electron chi connectivity index (χ0n) is 16.8. The lowest BCUT2D eigenvalue weighted by Gasteiger charge is -2.12. The molecule has 0 saturated carbocycles. The number of hydrogen-bond acceptors (Lipinski definition) is 5. The molecule has 0 aliphatic carbocycles. The normalized spacial score (nSPS) is 11.1. The maximum atomic E-state index is 12.5. The molecular weight excluding hydrogens is 358 g/mol. The van der Waals surface area contributed by atoms with Gasteiger partial charge in [0.25, 0.3) is 5.56 Å². The molecule has 2 aromatic heterocycles. The first kappa shape index (κ1) is 19.7. The molecule has 0 bridgehead atoms. The maximum Gasteiger partial charge on any atom is 0.330 e. The summed E-state index contributed by atoms with van der Waals surface area (Å²) in [5.74, 6) is 1.44. The highest BCUT2D eigenvalue weighted by molar-refractivity contribution is 5.71. The number of imidazole rings is 1. The number of methoxy groups -OCH3 is 1.